The fourth-order valence-electron chi connectivity index (χ4n) is 4.68. The van der Waals surface area contributed by atoms with Crippen molar-refractivity contribution in [2.45, 2.75) is 25.9 Å². The summed E-state index contributed by atoms with van der Waals surface area (Å²) in [4.78, 5) is 6.48. The number of pyridine rings is 1. The molecule has 3 heterocycles. The van der Waals surface area contributed by atoms with Crippen molar-refractivity contribution in [1.29, 1.82) is 0 Å². The molecule has 0 amide bonds. The monoisotopic (exact) mass is 520 g/mol. The molecule has 0 saturated carbocycles. The minimum absolute atomic E-state index is 0.227. The third-order valence-corrected chi connectivity index (χ3v) is 6.87. The van der Waals surface area contributed by atoms with E-state index in [-0.39, 0.29) is 17.9 Å². The van der Waals surface area contributed by atoms with Crippen molar-refractivity contribution in [3.8, 4) is 5.69 Å². The highest BCUT2D eigenvalue weighted by molar-refractivity contribution is 9.10. The second-order valence-corrected chi connectivity index (χ2v) is 9.39. The minimum Gasteiger partial charge on any atom is -0.351 e. The van der Waals surface area contributed by atoms with Crippen molar-refractivity contribution >= 4 is 38.9 Å². The molecule has 0 radical (unpaired) electrons. The summed E-state index contributed by atoms with van der Waals surface area (Å²) < 4.78 is 18.2. The van der Waals surface area contributed by atoms with Gasteiger partial charge >= 0.3 is 0 Å². The summed E-state index contributed by atoms with van der Waals surface area (Å²) in [6, 6.07) is 22.5. The van der Waals surface area contributed by atoms with Gasteiger partial charge in [-0.15, -0.1) is 0 Å². The first-order chi connectivity index (χ1) is 16.0. The predicted molar refractivity (Wildman–Crippen MR) is 137 cm³/mol. The van der Waals surface area contributed by atoms with E-state index in [2.05, 4.69) is 62.8 Å². The quantitative estimate of drug-likeness (QED) is 0.308. The molecule has 1 N–H and O–H groups in total. The average molecular weight is 521 g/mol. The second kappa shape index (κ2) is 8.72. The first-order valence-electron chi connectivity index (χ1n) is 10.7. The van der Waals surface area contributed by atoms with Crippen LogP contribution in [0.15, 0.2) is 83.5 Å². The summed E-state index contributed by atoms with van der Waals surface area (Å²) in [6.45, 7) is 4.18. The zero-order chi connectivity index (χ0) is 23.1. The Morgan fingerprint density at radius 3 is 2.52 bits per heavy atom. The molecule has 4 aromatic rings. The molecule has 166 valence electrons. The normalized spacial score (nSPS) is 17.9. The standard InChI is InChI=1S/C26H22BrFN4S/c1-16-14-20(17(2)31(16)19-9-7-8-18(27)15-19)25-24(22-11-5-6-13-29-22)30-26(33)32(25)23-12-4-3-10-21(23)28/h3-15,24-25H,1-2H3,(H,30,33). The van der Waals surface area contributed by atoms with E-state index in [0.29, 0.717) is 10.8 Å². The molecule has 33 heavy (non-hydrogen) atoms. The van der Waals surface area contributed by atoms with Gasteiger partial charge in [0.2, 0.25) is 0 Å². The van der Waals surface area contributed by atoms with Gasteiger partial charge in [0, 0.05) is 27.7 Å². The maximum Gasteiger partial charge on any atom is 0.174 e. The van der Waals surface area contributed by atoms with Crippen LogP contribution in [0.2, 0.25) is 0 Å². The van der Waals surface area contributed by atoms with Gasteiger partial charge in [0.15, 0.2) is 5.11 Å². The van der Waals surface area contributed by atoms with Crippen molar-refractivity contribution < 1.29 is 4.39 Å². The van der Waals surface area contributed by atoms with Crippen molar-refractivity contribution in [1.82, 2.24) is 14.9 Å². The van der Waals surface area contributed by atoms with Gasteiger partial charge in [-0.05, 0) is 80.2 Å². The van der Waals surface area contributed by atoms with Crippen LogP contribution in [0.5, 0.6) is 0 Å². The van der Waals surface area contributed by atoms with Gasteiger partial charge < -0.3 is 14.8 Å². The van der Waals surface area contributed by atoms with Gasteiger partial charge in [-0.1, -0.05) is 40.2 Å². The molecule has 2 aromatic carbocycles. The number of para-hydroxylation sites is 1. The molecule has 4 nitrogen and oxygen atoms in total. The lowest BCUT2D eigenvalue weighted by Gasteiger charge is -2.28. The lowest BCUT2D eigenvalue weighted by atomic mass is 9.96. The third kappa shape index (κ3) is 3.85. The summed E-state index contributed by atoms with van der Waals surface area (Å²) in [6.07, 6.45) is 1.77. The molecule has 2 atom stereocenters. The second-order valence-electron chi connectivity index (χ2n) is 8.09. The minimum atomic E-state index is -0.311. The summed E-state index contributed by atoms with van der Waals surface area (Å²) in [5, 5.41) is 3.89. The molecule has 1 fully saturated rings. The number of hydrogen-bond donors (Lipinski definition) is 1. The number of nitrogens with zero attached hydrogens (tertiary/aromatic N) is 3. The molecule has 1 aliphatic rings. The van der Waals surface area contributed by atoms with Crippen LogP contribution in [0.25, 0.3) is 5.69 Å². The van der Waals surface area contributed by atoms with Crippen LogP contribution in [0.1, 0.15) is 34.7 Å². The van der Waals surface area contributed by atoms with Gasteiger partial charge in [0.1, 0.15) is 5.82 Å². The first-order valence-corrected chi connectivity index (χ1v) is 11.9. The Kier molecular flexibility index (Phi) is 5.76. The van der Waals surface area contributed by atoms with Gasteiger partial charge in [0.25, 0.3) is 0 Å². The van der Waals surface area contributed by atoms with Crippen molar-refractivity contribution in [3.63, 3.8) is 0 Å². The van der Waals surface area contributed by atoms with Crippen LogP contribution in [0.4, 0.5) is 10.1 Å². The Bertz CT molecular complexity index is 1340. The Morgan fingerprint density at radius 1 is 1.00 bits per heavy atom. The summed E-state index contributed by atoms with van der Waals surface area (Å²) in [5.74, 6) is -0.311. The number of aryl methyl sites for hydroxylation is 1. The molecule has 1 aliphatic heterocycles. The SMILES string of the molecule is Cc1cc(C2C(c3ccccn3)NC(=S)N2c2ccccc2F)c(C)n1-c1cccc(Br)c1. The smallest absolute Gasteiger partial charge is 0.174 e. The molecular weight excluding hydrogens is 499 g/mol. The van der Waals surface area contributed by atoms with Crippen LogP contribution in [-0.2, 0) is 0 Å². The zero-order valence-electron chi connectivity index (χ0n) is 18.2. The largest absolute Gasteiger partial charge is 0.351 e. The number of benzene rings is 2. The Hall–Kier alpha value is -3.03. The summed E-state index contributed by atoms with van der Waals surface area (Å²) in [5.41, 5.74) is 5.60. The number of aromatic nitrogens is 2. The molecule has 2 aromatic heterocycles. The Labute approximate surface area is 206 Å². The fraction of sp³-hybridized carbons (Fsp3) is 0.154. The van der Waals surface area contributed by atoms with E-state index >= 15 is 0 Å². The van der Waals surface area contributed by atoms with Gasteiger partial charge in [-0.2, -0.15) is 0 Å². The van der Waals surface area contributed by atoms with Crippen LogP contribution < -0.4 is 10.2 Å². The third-order valence-electron chi connectivity index (χ3n) is 6.07. The molecule has 0 aliphatic carbocycles. The number of nitrogens with one attached hydrogen (secondary N) is 1. The van der Waals surface area contributed by atoms with Crippen molar-refractivity contribution in [2.75, 3.05) is 4.90 Å². The summed E-state index contributed by atoms with van der Waals surface area (Å²) >= 11 is 9.32. The zero-order valence-corrected chi connectivity index (χ0v) is 20.6. The van der Waals surface area contributed by atoms with Crippen LogP contribution in [0.3, 0.4) is 0 Å². The van der Waals surface area contributed by atoms with E-state index in [0.717, 1.165) is 32.8 Å². The number of thiocarbonyl (C=S) groups is 1. The molecule has 0 spiro atoms. The molecule has 2 unspecified atom stereocenters. The van der Waals surface area contributed by atoms with E-state index < -0.39 is 0 Å². The van der Waals surface area contributed by atoms with Crippen molar-refractivity contribution in [3.05, 3.63) is 112 Å². The highest BCUT2D eigenvalue weighted by atomic mass is 79.9. The van der Waals surface area contributed by atoms with E-state index in [4.69, 9.17) is 12.2 Å². The van der Waals surface area contributed by atoms with Gasteiger partial charge in [-0.25, -0.2) is 4.39 Å². The van der Waals surface area contributed by atoms with E-state index in [9.17, 15) is 4.39 Å². The predicted octanol–water partition coefficient (Wildman–Crippen LogP) is 6.57. The van der Waals surface area contributed by atoms with E-state index in [1.807, 2.05) is 41.3 Å². The lowest BCUT2D eigenvalue weighted by Crippen LogP contribution is -2.30. The summed E-state index contributed by atoms with van der Waals surface area (Å²) in [7, 11) is 0. The molecule has 7 heteroatoms. The molecule has 0 bridgehead atoms. The fourth-order valence-corrected chi connectivity index (χ4v) is 5.40. The maximum absolute atomic E-state index is 15.0. The number of rotatable bonds is 4. The average Bonchev–Trinajstić information content (AvgIpc) is 3.30. The lowest BCUT2D eigenvalue weighted by molar-refractivity contribution is 0.556. The van der Waals surface area contributed by atoms with Gasteiger partial charge in [-0.3, -0.25) is 4.98 Å². The maximum atomic E-state index is 15.0. The number of anilines is 1. The van der Waals surface area contributed by atoms with Crippen LogP contribution >= 0.6 is 28.1 Å². The first kappa shape index (κ1) is 21.8. The van der Waals surface area contributed by atoms with E-state index in [1.165, 1.54) is 6.07 Å². The van der Waals surface area contributed by atoms with Gasteiger partial charge in [0.05, 0.1) is 23.5 Å². The van der Waals surface area contributed by atoms with Crippen LogP contribution in [-0.4, -0.2) is 14.7 Å². The van der Waals surface area contributed by atoms with Crippen LogP contribution in [0, 0.1) is 19.7 Å². The highest BCUT2D eigenvalue weighted by Crippen LogP contribution is 2.44. The van der Waals surface area contributed by atoms with Crippen molar-refractivity contribution in [2.24, 2.45) is 0 Å². The molecule has 5 rings (SSSR count). The topological polar surface area (TPSA) is 33.1 Å². The highest BCUT2D eigenvalue weighted by Gasteiger charge is 2.43. The van der Waals surface area contributed by atoms with E-state index in [1.54, 1.807) is 18.3 Å². The molecular formula is C26H22BrFN4S. The Morgan fingerprint density at radius 2 is 1.79 bits per heavy atom. The Balaban J connectivity index is 1.70. The number of halogens is 2. The number of hydrogen-bond acceptors (Lipinski definition) is 2. The molecule has 1 saturated heterocycles.